The van der Waals surface area contributed by atoms with Crippen LogP contribution in [0.15, 0.2) is 17.1 Å². The molecular formula is C13H21ClIN3O2S2. The van der Waals surface area contributed by atoms with Gasteiger partial charge in [-0.2, -0.15) is 0 Å². The minimum absolute atomic E-state index is 0. The third-order valence-electron chi connectivity index (χ3n) is 3.17. The predicted molar refractivity (Wildman–Crippen MR) is 105 cm³/mol. The van der Waals surface area contributed by atoms with Crippen LogP contribution in [0.3, 0.4) is 0 Å². The van der Waals surface area contributed by atoms with E-state index in [4.69, 9.17) is 11.6 Å². The summed E-state index contributed by atoms with van der Waals surface area (Å²) in [4.78, 5) is 5.69. The number of aliphatic imine (C=N–C) groups is 1. The summed E-state index contributed by atoms with van der Waals surface area (Å²) >= 11 is 7.45. The van der Waals surface area contributed by atoms with Crippen LogP contribution in [0, 0.1) is 0 Å². The van der Waals surface area contributed by atoms with Gasteiger partial charge < -0.3 is 10.6 Å². The molecule has 126 valence electrons. The second-order valence-corrected chi connectivity index (χ2v) is 8.99. The molecule has 9 heteroatoms. The van der Waals surface area contributed by atoms with E-state index in [-0.39, 0.29) is 41.5 Å². The van der Waals surface area contributed by atoms with Crippen LogP contribution in [0.2, 0.25) is 4.34 Å². The topological polar surface area (TPSA) is 70.6 Å². The largest absolute Gasteiger partial charge is 0.357 e. The first-order valence-corrected chi connectivity index (χ1v) is 9.99. The molecule has 1 aromatic heterocycles. The Hall–Kier alpha value is -0.0600. The first-order valence-electron chi connectivity index (χ1n) is 6.98. The van der Waals surface area contributed by atoms with Gasteiger partial charge in [0, 0.05) is 30.4 Å². The van der Waals surface area contributed by atoms with E-state index in [9.17, 15) is 8.42 Å². The molecule has 2 N–H and O–H groups in total. The second-order valence-electron chi connectivity index (χ2n) is 4.96. The van der Waals surface area contributed by atoms with Gasteiger partial charge in [0.1, 0.15) is 0 Å². The number of nitrogens with one attached hydrogen (secondary N) is 2. The molecule has 1 unspecified atom stereocenters. The maximum absolute atomic E-state index is 11.5. The average Bonchev–Trinajstić information content (AvgIpc) is 2.96. The maximum Gasteiger partial charge on any atom is 0.191 e. The van der Waals surface area contributed by atoms with E-state index in [0.717, 1.165) is 17.3 Å². The molecule has 22 heavy (non-hydrogen) atoms. The molecule has 0 saturated carbocycles. The van der Waals surface area contributed by atoms with Crippen molar-refractivity contribution in [3.63, 3.8) is 0 Å². The molecule has 1 saturated heterocycles. The van der Waals surface area contributed by atoms with E-state index in [1.165, 1.54) is 4.88 Å². The summed E-state index contributed by atoms with van der Waals surface area (Å²) < 4.78 is 23.7. The Kier molecular flexibility index (Phi) is 8.44. The monoisotopic (exact) mass is 477 g/mol. The van der Waals surface area contributed by atoms with E-state index in [2.05, 4.69) is 15.6 Å². The van der Waals surface area contributed by atoms with Crippen LogP contribution < -0.4 is 10.6 Å². The molecule has 1 aliphatic rings. The summed E-state index contributed by atoms with van der Waals surface area (Å²) in [6.07, 6.45) is 1.48. The normalized spacial score (nSPS) is 20.5. The van der Waals surface area contributed by atoms with E-state index < -0.39 is 9.84 Å². The number of halogens is 2. The molecule has 1 atom stereocenters. The highest BCUT2D eigenvalue weighted by atomic mass is 127. The lowest BCUT2D eigenvalue weighted by Crippen LogP contribution is -2.44. The van der Waals surface area contributed by atoms with Gasteiger partial charge in [0.05, 0.1) is 15.8 Å². The number of thiophene rings is 1. The Morgan fingerprint density at radius 1 is 1.50 bits per heavy atom. The van der Waals surface area contributed by atoms with E-state index in [1.807, 2.05) is 19.1 Å². The Labute approximate surface area is 157 Å². The van der Waals surface area contributed by atoms with Gasteiger partial charge in [0.15, 0.2) is 15.8 Å². The molecule has 0 aliphatic carbocycles. The molecule has 0 amide bonds. The highest BCUT2D eigenvalue weighted by Gasteiger charge is 2.28. The molecule has 1 aromatic rings. The van der Waals surface area contributed by atoms with Crippen molar-refractivity contribution >= 4 is 62.7 Å². The van der Waals surface area contributed by atoms with Crippen LogP contribution in [0.4, 0.5) is 0 Å². The van der Waals surface area contributed by atoms with Crippen molar-refractivity contribution in [2.75, 3.05) is 24.6 Å². The lowest BCUT2D eigenvalue weighted by molar-refractivity contribution is 0.599. The van der Waals surface area contributed by atoms with Crippen LogP contribution in [0.5, 0.6) is 0 Å². The van der Waals surface area contributed by atoms with E-state index in [1.54, 1.807) is 11.3 Å². The second kappa shape index (κ2) is 9.29. The Morgan fingerprint density at radius 2 is 2.27 bits per heavy atom. The van der Waals surface area contributed by atoms with Crippen molar-refractivity contribution in [2.24, 2.45) is 4.99 Å². The minimum atomic E-state index is -2.88. The third-order valence-corrected chi connectivity index (χ3v) is 6.23. The highest BCUT2D eigenvalue weighted by molar-refractivity contribution is 14.0. The lowest BCUT2D eigenvalue weighted by atomic mass is 10.3. The molecule has 5 nitrogen and oxygen atoms in total. The molecule has 2 rings (SSSR count). The fraction of sp³-hybridized carbons (Fsp3) is 0.615. The number of hydrogen-bond acceptors (Lipinski definition) is 4. The van der Waals surface area contributed by atoms with Crippen molar-refractivity contribution in [3.8, 4) is 0 Å². The van der Waals surface area contributed by atoms with Crippen molar-refractivity contribution in [2.45, 2.75) is 25.8 Å². The molecule has 0 spiro atoms. The van der Waals surface area contributed by atoms with E-state index >= 15 is 0 Å². The van der Waals surface area contributed by atoms with E-state index in [0.29, 0.717) is 18.9 Å². The summed E-state index contributed by atoms with van der Waals surface area (Å²) in [6, 6.07) is 3.86. The molecule has 0 bridgehead atoms. The third kappa shape index (κ3) is 6.59. The molecule has 0 radical (unpaired) electrons. The first kappa shape index (κ1) is 20.0. The van der Waals surface area contributed by atoms with Crippen molar-refractivity contribution in [1.82, 2.24) is 10.6 Å². The fourth-order valence-corrected chi connectivity index (χ4v) is 4.94. The number of sulfone groups is 1. The van der Waals surface area contributed by atoms with Crippen molar-refractivity contribution < 1.29 is 8.42 Å². The maximum atomic E-state index is 11.5. The number of hydrogen-bond donors (Lipinski definition) is 2. The van der Waals surface area contributed by atoms with Gasteiger partial charge in [0.25, 0.3) is 0 Å². The smallest absolute Gasteiger partial charge is 0.191 e. The van der Waals surface area contributed by atoms with Crippen LogP contribution in [-0.2, 0) is 16.3 Å². The Bertz CT molecular complexity index is 604. The van der Waals surface area contributed by atoms with Crippen molar-refractivity contribution in [1.29, 1.82) is 0 Å². The first-order chi connectivity index (χ1) is 9.98. The summed E-state index contributed by atoms with van der Waals surface area (Å²) in [5.74, 6) is 1.14. The number of guanidine groups is 1. The van der Waals surface area contributed by atoms with Gasteiger partial charge in [-0.05, 0) is 25.5 Å². The zero-order valence-corrected chi connectivity index (χ0v) is 17.1. The molecule has 2 heterocycles. The summed E-state index contributed by atoms with van der Waals surface area (Å²) in [6.45, 7) is 3.38. The SMILES string of the molecule is CCNC(=NCCc1ccc(Cl)s1)NC1CCS(=O)(=O)C1.I. The zero-order valence-electron chi connectivity index (χ0n) is 12.3. The van der Waals surface area contributed by atoms with Gasteiger partial charge in [-0.3, -0.25) is 4.99 Å². The Balaban J connectivity index is 0.00000242. The molecule has 1 aliphatic heterocycles. The van der Waals surface area contributed by atoms with Gasteiger partial charge in [-0.25, -0.2) is 8.42 Å². The van der Waals surface area contributed by atoms with Gasteiger partial charge in [-0.1, -0.05) is 11.6 Å². The number of nitrogens with zero attached hydrogens (tertiary/aromatic N) is 1. The van der Waals surface area contributed by atoms with Gasteiger partial charge >= 0.3 is 0 Å². The number of rotatable bonds is 5. The van der Waals surface area contributed by atoms with Crippen LogP contribution in [0.25, 0.3) is 0 Å². The van der Waals surface area contributed by atoms with Crippen LogP contribution >= 0.6 is 46.9 Å². The molecule has 1 fully saturated rings. The van der Waals surface area contributed by atoms with Crippen LogP contribution in [0.1, 0.15) is 18.2 Å². The zero-order chi connectivity index (χ0) is 15.3. The molecule has 0 aromatic carbocycles. The van der Waals surface area contributed by atoms with Crippen LogP contribution in [-0.4, -0.2) is 45.0 Å². The standard InChI is InChI=1S/C13H20ClN3O2S2.HI/c1-2-15-13(17-10-6-8-21(18,19)9-10)16-7-5-11-3-4-12(14)20-11;/h3-4,10H,2,5-9H2,1H3,(H2,15,16,17);1H. The quantitative estimate of drug-likeness (QED) is 0.388. The minimum Gasteiger partial charge on any atom is -0.357 e. The fourth-order valence-electron chi connectivity index (χ4n) is 2.19. The van der Waals surface area contributed by atoms with Crippen molar-refractivity contribution in [3.05, 3.63) is 21.3 Å². The summed E-state index contributed by atoms with van der Waals surface area (Å²) in [5, 5.41) is 6.35. The summed E-state index contributed by atoms with van der Waals surface area (Å²) in [7, 11) is -2.88. The predicted octanol–water partition coefficient (Wildman–Crippen LogP) is 2.30. The highest BCUT2D eigenvalue weighted by Crippen LogP contribution is 2.21. The van der Waals surface area contributed by atoms with Gasteiger partial charge in [0.2, 0.25) is 0 Å². The summed E-state index contributed by atoms with van der Waals surface area (Å²) in [5.41, 5.74) is 0. The average molecular weight is 478 g/mol. The van der Waals surface area contributed by atoms with Gasteiger partial charge in [-0.15, -0.1) is 35.3 Å². The molecular weight excluding hydrogens is 457 g/mol. The Morgan fingerprint density at radius 3 is 2.82 bits per heavy atom. The lowest BCUT2D eigenvalue weighted by Gasteiger charge is -2.15.